The first-order valence-corrected chi connectivity index (χ1v) is 5.39. The van der Waals surface area contributed by atoms with Crippen molar-refractivity contribution in [1.82, 2.24) is 9.55 Å². The van der Waals surface area contributed by atoms with E-state index in [0.717, 1.165) is 11.3 Å². The van der Waals surface area contributed by atoms with Crippen molar-refractivity contribution in [2.75, 3.05) is 0 Å². The molecule has 0 aliphatic rings. The third kappa shape index (κ3) is 1.72. The first kappa shape index (κ1) is 10.4. The number of hydrogen-bond acceptors (Lipinski definition) is 1. The lowest BCUT2D eigenvalue weighted by Gasteiger charge is -2.11. The zero-order valence-electron chi connectivity index (χ0n) is 8.67. The van der Waals surface area contributed by atoms with Crippen LogP contribution in [0.1, 0.15) is 25.7 Å². The lowest BCUT2D eigenvalue weighted by Crippen LogP contribution is -2.04. The van der Waals surface area contributed by atoms with E-state index < -0.39 is 0 Å². The number of alkyl halides is 1. The summed E-state index contributed by atoms with van der Waals surface area (Å²) in [6.45, 7) is 4.11. The standard InChI is InChI=1S/C11H12ClFN2/c1-7(2)15-10-4-3-8(13)5-9(10)14-11(15)6-12/h3-5,7H,6H2,1-2H3. The average Bonchev–Trinajstić information content (AvgIpc) is 2.54. The van der Waals surface area contributed by atoms with Gasteiger partial charge in [0.05, 0.1) is 16.9 Å². The average molecular weight is 227 g/mol. The number of hydrogen-bond donors (Lipinski definition) is 0. The fraction of sp³-hybridized carbons (Fsp3) is 0.364. The molecule has 0 bridgehead atoms. The molecule has 2 rings (SSSR count). The highest BCUT2D eigenvalue weighted by Crippen LogP contribution is 2.22. The lowest BCUT2D eigenvalue weighted by atomic mass is 10.3. The normalized spacial score (nSPS) is 11.5. The molecular weight excluding hydrogens is 215 g/mol. The van der Waals surface area contributed by atoms with Crippen LogP contribution in [0, 0.1) is 5.82 Å². The van der Waals surface area contributed by atoms with Crippen LogP contribution in [0.2, 0.25) is 0 Å². The van der Waals surface area contributed by atoms with Crippen LogP contribution in [-0.4, -0.2) is 9.55 Å². The van der Waals surface area contributed by atoms with Crippen LogP contribution in [0.4, 0.5) is 4.39 Å². The third-order valence-corrected chi connectivity index (χ3v) is 2.60. The second kappa shape index (κ2) is 3.81. The number of rotatable bonds is 2. The smallest absolute Gasteiger partial charge is 0.125 e. The molecule has 0 aliphatic heterocycles. The summed E-state index contributed by atoms with van der Waals surface area (Å²) in [6.07, 6.45) is 0. The summed E-state index contributed by atoms with van der Waals surface area (Å²) in [4.78, 5) is 4.30. The minimum atomic E-state index is -0.267. The molecule has 0 fully saturated rings. The molecule has 1 heterocycles. The summed E-state index contributed by atoms with van der Waals surface area (Å²) < 4.78 is 15.0. The monoisotopic (exact) mass is 226 g/mol. The molecule has 15 heavy (non-hydrogen) atoms. The fourth-order valence-corrected chi connectivity index (χ4v) is 1.98. The fourth-order valence-electron chi connectivity index (χ4n) is 1.79. The van der Waals surface area contributed by atoms with Gasteiger partial charge in [-0.2, -0.15) is 0 Å². The van der Waals surface area contributed by atoms with E-state index in [0.29, 0.717) is 11.4 Å². The van der Waals surface area contributed by atoms with Gasteiger partial charge in [-0.15, -0.1) is 11.6 Å². The van der Waals surface area contributed by atoms with Gasteiger partial charge in [0, 0.05) is 12.1 Å². The number of nitrogens with zero attached hydrogens (tertiary/aromatic N) is 2. The highest BCUT2D eigenvalue weighted by Gasteiger charge is 2.12. The van der Waals surface area contributed by atoms with Crippen molar-refractivity contribution in [2.45, 2.75) is 25.8 Å². The van der Waals surface area contributed by atoms with Gasteiger partial charge in [-0.1, -0.05) is 0 Å². The molecule has 2 nitrogen and oxygen atoms in total. The largest absolute Gasteiger partial charge is 0.324 e. The highest BCUT2D eigenvalue weighted by atomic mass is 35.5. The summed E-state index contributed by atoms with van der Waals surface area (Å²) >= 11 is 5.81. The molecule has 0 atom stereocenters. The molecule has 0 N–H and O–H groups in total. The molecule has 0 radical (unpaired) electrons. The predicted octanol–water partition coefficient (Wildman–Crippen LogP) is 3.50. The second-order valence-electron chi connectivity index (χ2n) is 3.76. The van der Waals surface area contributed by atoms with Gasteiger partial charge in [0.2, 0.25) is 0 Å². The van der Waals surface area contributed by atoms with Gasteiger partial charge in [-0.3, -0.25) is 0 Å². The first-order chi connectivity index (χ1) is 7.13. The quantitative estimate of drug-likeness (QED) is 0.717. The maximum absolute atomic E-state index is 13.0. The zero-order chi connectivity index (χ0) is 11.0. The van der Waals surface area contributed by atoms with Crippen molar-refractivity contribution in [3.05, 3.63) is 29.8 Å². The lowest BCUT2D eigenvalue weighted by molar-refractivity contribution is 0.596. The molecule has 80 valence electrons. The maximum atomic E-state index is 13.0. The van der Waals surface area contributed by atoms with Crippen molar-refractivity contribution >= 4 is 22.6 Å². The summed E-state index contributed by atoms with van der Waals surface area (Å²) in [5.74, 6) is 0.860. The van der Waals surface area contributed by atoms with E-state index in [1.807, 2.05) is 4.57 Å². The Hall–Kier alpha value is -1.09. The number of imidazole rings is 1. The number of benzene rings is 1. The topological polar surface area (TPSA) is 17.8 Å². The van der Waals surface area contributed by atoms with Crippen molar-refractivity contribution in [3.63, 3.8) is 0 Å². The van der Waals surface area contributed by atoms with Crippen LogP contribution >= 0.6 is 11.6 Å². The minimum Gasteiger partial charge on any atom is -0.324 e. The van der Waals surface area contributed by atoms with Crippen LogP contribution in [0.3, 0.4) is 0 Å². The van der Waals surface area contributed by atoms with Crippen LogP contribution < -0.4 is 0 Å². The van der Waals surface area contributed by atoms with Gasteiger partial charge in [0.1, 0.15) is 11.6 Å². The predicted molar refractivity (Wildman–Crippen MR) is 59.6 cm³/mol. The van der Waals surface area contributed by atoms with Crippen LogP contribution in [0.5, 0.6) is 0 Å². The van der Waals surface area contributed by atoms with E-state index >= 15 is 0 Å². The van der Waals surface area contributed by atoms with Crippen molar-refractivity contribution in [1.29, 1.82) is 0 Å². The van der Waals surface area contributed by atoms with Gasteiger partial charge < -0.3 is 4.57 Å². The molecule has 4 heteroatoms. The molecule has 0 saturated carbocycles. The summed E-state index contributed by atoms with van der Waals surface area (Å²) in [5.41, 5.74) is 1.60. The zero-order valence-corrected chi connectivity index (χ0v) is 9.42. The van der Waals surface area contributed by atoms with Crippen LogP contribution in [0.25, 0.3) is 11.0 Å². The summed E-state index contributed by atoms with van der Waals surface area (Å²) in [6, 6.07) is 4.90. The Kier molecular flexibility index (Phi) is 2.65. The van der Waals surface area contributed by atoms with Gasteiger partial charge in [-0.05, 0) is 26.0 Å². The molecule has 0 amide bonds. The Morgan fingerprint density at radius 3 is 2.80 bits per heavy atom. The van der Waals surface area contributed by atoms with E-state index in [9.17, 15) is 4.39 Å². The molecule has 0 saturated heterocycles. The van der Waals surface area contributed by atoms with Gasteiger partial charge >= 0.3 is 0 Å². The molecule has 2 aromatic rings. The van der Waals surface area contributed by atoms with E-state index in [4.69, 9.17) is 11.6 Å². The molecule has 1 aromatic heterocycles. The van der Waals surface area contributed by atoms with Gasteiger partial charge in [-0.25, -0.2) is 9.37 Å². The summed E-state index contributed by atoms with van der Waals surface area (Å²) in [7, 11) is 0. The minimum absolute atomic E-state index is 0.267. The van der Waals surface area contributed by atoms with E-state index in [1.165, 1.54) is 12.1 Å². The molecular formula is C11H12ClFN2. The Bertz CT molecular complexity index is 491. The van der Waals surface area contributed by atoms with E-state index in [1.54, 1.807) is 6.07 Å². The number of halogens is 2. The number of aromatic nitrogens is 2. The second-order valence-corrected chi connectivity index (χ2v) is 4.03. The highest BCUT2D eigenvalue weighted by molar-refractivity contribution is 6.16. The SMILES string of the molecule is CC(C)n1c(CCl)nc2cc(F)ccc21. The van der Waals surface area contributed by atoms with Crippen molar-refractivity contribution in [2.24, 2.45) is 0 Å². The maximum Gasteiger partial charge on any atom is 0.125 e. The molecule has 1 aromatic carbocycles. The Labute approximate surface area is 92.7 Å². The first-order valence-electron chi connectivity index (χ1n) is 4.86. The van der Waals surface area contributed by atoms with Gasteiger partial charge in [0.25, 0.3) is 0 Å². The van der Waals surface area contributed by atoms with Gasteiger partial charge in [0.15, 0.2) is 0 Å². The van der Waals surface area contributed by atoms with Crippen molar-refractivity contribution in [3.8, 4) is 0 Å². The van der Waals surface area contributed by atoms with Crippen LogP contribution in [-0.2, 0) is 5.88 Å². The molecule has 0 unspecified atom stereocenters. The third-order valence-electron chi connectivity index (χ3n) is 2.36. The number of fused-ring (bicyclic) bond motifs is 1. The summed E-state index contributed by atoms with van der Waals surface area (Å²) in [5, 5.41) is 0. The van der Waals surface area contributed by atoms with Crippen LogP contribution in [0.15, 0.2) is 18.2 Å². The van der Waals surface area contributed by atoms with E-state index in [-0.39, 0.29) is 11.9 Å². The Morgan fingerprint density at radius 2 is 2.20 bits per heavy atom. The molecule has 0 aliphatic carbocycles. The molecule has 0 spiro atoms. The van der Waals surface area contributed by atoms with Crippen molar-refractivity contribution < 1.29 is 4.39 Å². The Morgan fingerprint density at radius 1 is 1.47 bits per heavy atom. The Balaban J connectivity index is 2.74. The van der Waals surface area contributed by atoms with E-state index in [2.05, 4.69) is 18.8 Å².